The van der Waals surface area contributed by atoms with E-state index in [1.165, 1.54) is 18.2 Å². The van der Waals surface area contributed by atoms with Crippen LogP contribution in [0.3, 0.4) is 0 Å². The summed E-state index contributed by atoms with van der Waals surface area (Å²) >= 11 is 0. The lowest BCUT2D eigenvalue weighted by Crippen LogP contribution is -2.09. The number of carbonyl (C=O) groups is 1. The van der Waals surface area contributed by atoms with E-state index >= 15 is 0 Å². The maximum Gasteiger partial charge on any atom is 0.335 e. The number of rotatable bonds is 4. The molecule has 0 heterocycles. The number of aryl methyl sites for hydroxylation is 1. The Kier molecular flexibility index (Phi) is 3.90. The summed E-state index contributed by atoms with van der Waals surface area (Å²) < 4.78 is 24.7. The fourth-order valence-corrected chi connectivity index (χ4v) is 3.43. The molecule has 20 heavy (non-hydrogen) atoms. The van der Waals surface area contributed by atoms with Gasteiger partial charge in [-0.05, 0) is 36.2 Å². The normalized spacial score (nSPS) is 11.2. The molecular weight excluding hydrogens is 276 g/mol. The summed E-state index contributed by atoms with van der Waals surface area (Å²) in [4.78, 5) is 11.3. The van der Waals surface area contributed by atoms with Crippen LogP contribution in [0.2, 0.25) is 0 Å². The summed E-state index contributed by atoms with van der Waals surface area (Å²) in [5, 5.41) is 9.08. The first-order chi connectivity index (χ1) is 9.40. The minimum absolute atomic E-state index is 0.0173. The molecule has 2 aromatic carbocycles. The lowest BCUT2D eigenvalue weighted by molar-refractivity contribution is 0.0696. The summed E-state index contributed by atoms with van der Waals surface area (Å²) in [6.45, 7) is 1.81. The SMILES string of the molecule is Cc1cccc(S(=O)(=O)Cc2ccccc2C(=O)O)c1. The fourth-order valence-electron chi connectivity index (χ4n) is 1.95. The van der Waals surface area contributed by atoms with Crippen LogP contribution in [-0.2, 0) is 15.6 Å². The molecule has 0 saturated heterocycles. The van der Waals surface area contributed by atoms with Crippen LogP contribution in [0, 0.1) is 6.92 Å². The predicted molar refractivity (Wildman–Crippen MR) is 75.5 cm³/mol. The van der Waals surface area contributed by atoms with E-state index in [1.807, 2.05) is 13.0 Å². The van der Waals surface area contributed by atoms with E-state index in [9.17, 15) is 13.2 Å². The molecule has 0 amide bonds. The van der Waals surface area contributed by atoms with Gasteiger partial charge in [-0.15, -0.1) is 0 Å². The van der Waals surface area contributed by atoms with E-state index in [2.05, 4.69) is 0 Å². The molecule has 0 radical (unpaired) electrons. The van der Waals surface area contributed by atoms with Crippen molar-refractivity contribution in [1.82, 2.24) is 0 Å². The second kappa shape index (κ2) is 5.46. The highest BCUT2D eigenvalue weighted by atomic mass is 32.2. The van der Waals surface area contributed by atoms with Crippen LogP contribution in [0.15, 0.2) is 53.4 Å². The molecule has 0 unspecified atom stereocenters. The van der Waals surface area contributed by atoms with Gasteiger partial charge in [0, 0.05) is 0 Å². The standard InChI is InChI=1S/C15H14O4S/c1-11-5-4-7-13(9-11)20(18,19)10-12-6-2-3-8-14(12)15(16)17/h2-9H,10H2,1H3,(H,16,17). The second-order valence-electron chi connectivity index (χ2n) is 4.54. The van der Waals surface area contributed by atoms with Crippen LogP contribution in [0.25, 0.3) is 0 Å². The number of sulfone groups is 1. The maximum atomic E-state index is 12.3. The first kappa shape index (κ1) is 14.3. The van der Waals surface area contributed by atoms with Crippen LogP contribution in [0.5, 0.6) is 0 Å². The highest BCUT2D eigenvalue weighted by molar-refractivity contribution is 7.90. The molecule has 0 fully saturated rings. The largest absolute Gasteiger partial charge is 0.478 e. The van der Waals surface area contributed by atoms with E-state index < -0.39 is 15.8 Å². The number of carboxylic acid groups (broad SMARTS) is 1. The van der Waals surface area contributed by atoms with Gasteiger partial charge in [0.15, 0.2) is 9.84 Å². The van der Waals surface area contributed by atoms with Gasteiger partial charge in [0.2, 0.25) is 0 Å². The smallest absolute Gasteiger partial charge is 0.335 e. The van der Waals surface area contributed by atoms with Crippen molar-refractivity contribution in [2.75, 3.05) is 0 Å². The molecule has 2 rings (SSSR count). The summed E-state index contributed by atoms with van der Waals surface area (Å²) in [5.41, 5.74) is 1.16. The van der Waals surface area contributed by atoms with E-state index in [0.29, 0.717) is 5.56 Å². The van der Waals surface area contributed by atoms with Crippen molar-refractivity contribution in [3.05, 3.63) is 65.2 Å². The zero-order chi connectivity index (χ0) is 14.8. The van der Waals surface area contributed by atoms with E-state index in [1.54, 1.807) is 24.3 Å². The third kappa shape index (κ3) is 3.05. The van der Waals surface area contributed by atoms with Gasteiger partial charge < -0.3 is 5.11 Å². The molecule has 0 aromatic heterocycles. The molecule has 0 bridgehead atoms. The van der Waals surface area contributed by atoms with Gasteiger partial charge in [-0.3, -0.25) is 0 Å². The molecule has 2 aromatic rings. The number of hydrogen-bond acceptors (Lipinski definition) is 3. The van der Waals surface area contributed by atoms with Gasteiger partial charge in [-0.2, -0.15) is 0 Å². The Morgan fingerprint density at radius 3 is 2.45 bits per heavy atom. The molecule has 5 heteroatoms. The van der Waals surface area contributed by atoms with Crippen LogP contribution in [0.1, 0.15) is 21.5 Å². The number of aromatic carboxylic acids is 1. The lowest BCUT2D eigenvalue weighted by Gasteiger charge is -2.08. The maximum absolute atomic E-state index is 12.3. The molecule has 104 valence electrons. The molecule has 0 saturated carbocycles. The van der Waals surface area contributed by atoms with Crippen molar-refractivity contribution in [3.63, 3.8) is 0 Å². The van der Waals surface area contributed by atoms with E-state index in [0.717, 1.165) is 5.56 Å². The Balaban J connectivity index is 2.41. The van der Waals surface area contributed by atoms with Crippen molar-refractivity contribution in [2.24, 2.45) is 0 Å². The molecule has 0 spiro atoms. The minimum Gasteiger partial charge on any atom is -0.478 e. The van der Waals surface area contributed by atoms with Crippen molar-refractivity contribution < 1.29 is 18.3 Å². The van der Waals surface area contributed by atoms with Crippen molar-refractivity contribution in [2.45, 2.75) is 17.6 Å². The minimum atomic E-state index is -3.56. The Hall–Kier alpha value is -2.14. The van der Waals surface area contributed by atoms with E-state index in [4.69, 9.17) is 5.11 Å². The summed E-state index contributed by atoms with van der Waals surface area (Å²) in [7, 11) is -3.56. The number of benzene rings is 2. The lowest BCUT2D eigenvalue weighted by atomic mass is 10.1. The number of hydrogen-bond donors (Lipinski definition) is 1. The van der Waals surface area contributed by atoms with Crippen LogP contribution in [0.4, 0.5) is 0 Å². The van der Waals surface area contributed by atoms with Gasteiger partial charge in [0.05, 0.1) is 16.2 Å². The average molecular weight is 290 g/mol. The zero-order valence-electron chi connectivity index (χ0n) is 10.9. The first-order valence-corrected chi connectivity index (χ1v) is 7.66. The molecule has 0 aliphatic rings. The third-order valence-corrected chi connectivity index (χ3v) is 4.61. The summed E-state index contributed by atoms with van der Waals surface area (Å²) in [6.07, 6.45) is 0. The van der Waals surface area contributed by atoms with E-state index in [-0.39, 0.29) is 16.2 Å². The fraction of sp³-hybridized carbons (Fsp3) is 0.133. The third-order valence-electron chi connectivity index (χ3n) is 2.94. The number of carboxylic acids is 1. The zero-order valence-corrected chi connectivity index (χ0v) is 11.7. The van der Waals surface area contributed by atoms with Crippen molar-refractivity contribution >= 4 is 15.8 Å². The topological polar surface area (TPSA) is 71.4 Å². The van der Waals surface area contributed by atoms with Crippen LogP contribution in [-0.4, -0.2) is 19.5 Å². The van der Waals surface area contributed by atoms with Crippen molar-refractivity contribution in [1.29, 1.82) is 0 Å². The second-order valence-corrected chi connectivity index (χ2v) is 6.53. The van der Waals surface area contributed by atoms with Gasteiger partial charge in [0.1, 0.15) is 0 Å². The van der Waals surface area contributed by atoms with Gasteiger partial charge in [-0.1, -0.05) is 30.3 Å². The van der Waals surface area contributed by atoms with Crippen LogP contribution < -0.4 is 0 Å². The predicted octanol–water partition coefficient (Wildman–Crippen LogP) is 2.67. The highest BCUT2D eigenvalue weighted by Gasteiger charge is 2.19. The molecule has 0 atom stereocenters. The monoisotopic (exact) mass is 290 g/mol. The molecule has 1 N–H and O–H groups in total. The Morgan fingerprint density at radius 2 is 1.80 bits per heavy atom. The highest BCUT2D eigenvalue weighted by Crippen LogP contribution is 2.20. The molecule has 0 aliphatic carbocycles. The van der Waals surface area contributed by atoms with Gasteiger partial charge in [-0.25, -0.2) is 13.2 Å². The first-order valence-electron chi connectivity index (χ1n) is 6.01. The summed E-state index contributed by atoms with van der Waals surface area (Å²) in [6, 6.07) is 12.7. The summed E-state index contributed by atoms with van der Waals surface area (Å²) in [5.74, 6) is -1.45. The Bertz CT molecular complexity index is 748. The quantitative estimate of drug-likeness (QED) is 0.939. The van der Waals surface area contributed by atoms with Crippen molar-refractivity contribution in [3.8, 4) is 0 Å². The Labute approximate surface area is 117 Å². The molecule has 4 nitrogen and oxygen atoms in total. The van der Waals surface area contributed by atoms with Gasteiger partial charge >= 0.3 is 5.97 Å². The van der Waals surface area contributed by atoms with Crippen LogP contribution >= 0.6 is 0 Å². The van der Waals surface area contributed by atoms with Gasteiger partial charge in [0.25, 0.3) is 0 Å². The Morgan fingerprint density at radius 1 is 1.10 bits per heavy atom. The molecule has 0 aliphatic heterocycles. The average Bonchev–Trinajstić information content (AvgIpc) is 2.38. The molecular formula is C15H14O4S.